The van der Waals surface area contributed by atoms with Crippen molar-refractivity contribution in [1.29, 1.82) is 0 Å². The molecule has 0 aliphatic carbocycles. The van der Waals surface area contributed by atoms with Crippen molar-refractivity contribution in [3.8, 4) is 0 Å². The van der Waals surface area contributed by atoms with E-state index < -0.39 is 0 Å². The average molecular weight is 196 g/mol. The van der Waals surface area contributed by atoms with Crippen molar-refractivity contribution in [2.75, 3.05) is 19.6 Å². The van der Waals surface area contributed by atoms with E-state index >= 15 is 0 Å². The van der Waals surface area contributed by atoms with Gasteiger partial charge in [0.15, 0.2) is 5.78 Å². The molecule has 1 saturated heterocycles. The Kier molecular flexibility index (Phi) is 5.11. The van der Waals surface area contributed by atoms with E-state index in [4.69, 9.17) is 5.21 Å². The zero-order chi connectivity index (χ0) is 10.2. The van der Waals surface area contributed by atoms with E-state index in [1.165, 1.54) is 17.6 Å². The van der Waals surface area contributed by atoms with Crippen molar-refractivity contribution in [3.05, 3.63) is 12.2 Å². The second-order valence-electron chi connectivity index (χ2n) is 3.33. The van der Waals surface area contributed by atoms with Gasteiger partial charge in [0, 0.05) is 19.3 Å². The summed E-state index contributed by atoms with van der Waals surface area (Å²) in [7, 11) is 0. The molecule has 2 rings (SSSR count). The molecule has 1 fully saturated rings. The minimum absolute atomic E-state index is 0.0856. The van der Waals surface area contributed by atoms with Gasteiger partial charge in [-0.1, -0.05) is 6.42 Å². The standard InChI is InChI=1S/C5H5NO.C5H11NO/c7-5-2-1-3-6-4-5;7-6-4-2-1-3-5-6/h1-3H,4H2;7H,1-5H2. The number of hydrogen-bond acceptors (Lipinski definition) is 4. The third-order valence-electron chi connectivity index (χ3n) is 2.05. The van der Waals surface area contributed by atoms with E-state index in [2.05, 4.69) is 4.99 Å². The molecule has 0 aromatic rings. The first-order valence-electron chi connectivity index (χ1n) is 4.92. The predicted octanol–water partition coefficient (Wildman–Crippen LogP) is 1.06. The Balaban J connectivity index is 0.000000140. The highest BCUT2D eigenvalue weighted by atomic mass is 16.5. The fourth-order valence-electron chi connectivity index (χ4n) is 1.28. The Morgan fingerprint density at radius 2 is 2.00 bits per heavy atom. The van der Waals surface area contributed by atoms with Gasteiger partial charge in [0.2, 0.25) is 0 Å². The minimum Gasteiger partial charge on any atom is -0.314 e. The van der Waals surface area contributed by atoms with E-state index in [1.807, 2.05) is 0 Å². The molecule has 4 nitrogen and oxygen atoms in total. The van der Waals surface area contributed by atoms with Crippen LogP contribution in [0.25, 0.3) is 0 Å². The molecule has 0 unspecified atom stereocenters. The van der Waals surface area contributed by atoms with E-state index in [1.54, 1.807) is 12.3 Å². The monoisotopic (exact) mass is 196 g/mol. The van der Waals surface area contributed by atoms with Crippen LogP contribution in [0.5, 0.6) is 0 Å². The molecular formula is C10H16N2O2. The van der Waals surface area contributed by atoms with Gasteiger partial charge in [0.1, 0.15) is 6.54 Å². The highest BCUT2D eigenvalue weighted by Gasteiger charge is 2.04. The number of hydrogen-bond donors (Lipinski definition) is 1. The SMILES string of the molecule is O=C1C=CC=NC1.ON1CCCCC1. The second kappa shape index (κ2) is 6.45. The van der Waals surface area contributed by atoms with Gasteiger partial charge in [-0.3, -0.25) is 9.79 Å². The summed E-state index contributed by atoms with van der Waals surface area (Å²) < 4.78 is 0. The molecule has 14 heavy (non-hydrogen) atoms. The molecule has 2 heterocycles. The van der Waals surface area contributed by atoms with Crippen LogP contribution in [-0.2, 0) is 4.79 Å². The third kappa shape index (κ3) is 4.89. The van der Waals surface area contributed by atoms with Crippen molar-refractivity contribution < 1.29 is 10.0 Å². The molecule has 0 radical (unpaired) electrons. The summed E-state index contributed by atoms with van der Waals surface area (Å²) in [6.07, 6.45) is 8.41. The minimum atomic E-state index is 0.0856. The van der Waals surface area contributed by atoms with Gasteiger partial charge < -0.3 is 5.21 Å². The molecule has 1 N–H and O–H groups in total. The van der Waals surface area contributed by atoms with Crippen molar-refractivity contribution in [3.63, 3.8) is 0 Å². The van der Waals surface area contributed by atoms with Crippen LogP contribution in [0.3, 0.4) is 0 Å². The molecule has 2 aliphatic rings. The normalized spacial score (nSPS) is 21.6. The molecule has 0 bridgehead atoms. The summed E-state index contributed by atoms with van der Waals surface area (Å²) in [6, 6.07) is 0. The maximum absolute atomic E-state index is 10.3. The Hall–Kier alpha value is -1.00. The third-order valence-corrected chi connectivity index (χ3v) is 2.05. The van der Waals surface area contributed by atoms with Gasteiger partial charge >= 0.3 is 0 Å². The first-order valence-corrected chi connectivity index (χ1v) is 4.92. The maximum atomic E-state index is 10.3. The molecular weight excluding hydrogens is 180 g/mol. The van der Waals surface area contributed by atoms with Crippen molar-refractivity contribution in [2.24, 2.45) is 4.99 Å². The average Bonchev–Trinajstić information content (AvgIpc) is 2.21. The van der Waals surface area contributed by atoms with E-state index in [0.717, 1.165) is 25.9 Å². The number of dihydropyridines is 1. The van der Waals surface area contributed by atoms with Gasteiger partial charge in [0.25, 0.3) is 0 Å². The Bertz CT molecular complexity index is 230. The van der Waals surface area contributed by atoms with Crippen LogP contribution in [0.15, 0.2) is 17.1 Å². The first-order chi connectivity index (χ1) is 6.79. The number of carbonyl (C=O) groups excluding carboxylic acids is 1. The number of aliphatic imine (C=N–C) groups is 1. The quantitative estimate of drug-likeness (QED) is 0.630. The molecule has 78 valence electrons. The predicted molar refractivity (Wildman–Crippen MR) is 54.7 cm³/mol. The zero-order valence-electron chi connectivity index (χ0n) is 8.22. The first kappa shape index (κ1) is 11.1. The van der Waals surface area contributed by atoms with E-state index in [0.29, 0.717) is 6.54 Å². The summed E-state index contributed by atoms with van der Waals surface area (Å²) in [5.41, 5.74) is 0. The summed E-state index contributed by atoms with van der Waals surface area (Å²) in [6.45, 7) is 2.08. The lowest BCUT2D eigenvalue weighted by atomic mass is 10.2. The van der Waals surface area contributed by atoms with Crippen LogP contribution in [-0.4, -0.2) is 41.9 Å². The maximum Gasteiger partial charge on any atom is 0.177 e. The van der Waals surface area contributed by atoms with E-state index in [9.17, 15) is 4.79 Å². The van der Waals surface area contributed by atoms with Crippen molar-refractivity contribution in [2.45, 2.75) is 19.3 Å². The van der Waals surface area contributed by atoms with Gasteiger partial charge in [-0.05, 0) is 25.0 Å². The van der Waals surface area contributed by atoms with Gasteiger partial charge in [0.05, 0.1) is 0 Å². The summed E-state index contributed by atoms with van der Waals surface area (Å²) in [5.74, 6) is 0.0856. The summed E-state index contributed by atoms with van der Waals surface area (Å²) in [5, 5.41) is 10.1. The Labute approximate surface area is 83.9 Å². The van der Waals surface area contributed by atoms with Crippen LogP contribution < -0.4 is 0 Å². The largest absolute Gasteiger partial charge is 0.314 e. The Morgan fingerprint density at radius 3 is 2.29 bits per heavy atom. The van der Waals surface area contributed by atoms with Crippen LogP contribution in [0.4, 0.5) is 0 Å². The molecule has 0 aromatic heterocycles. The number of rotatable bonds is 0. The number of ketones is 1. The van der Waals surface area contributed by atoms with Crippen LogP contribution in [0.1, 0.15) is 19.3 Å². The number of piperidine rings is 1. The second-order valence-corrected chi connectivity index (χ2v) is 3.33. The molecule has 0 aromatic carbocycles. The van der Waals surface area contributed by atoms with Gasteiger partial charge in [-0.2, -0.15) is 5.06 Å². The number of nitrogens with zero attached hydrogens (tertiary/aromatic N) is 2. The van der Waals surface area contributed by atoms with Crippen LogP contribution in [0, 0.1) is 0 Å². The molecule has 0 atom stereocenters. The number of carbonyl (C=O) groups is 1. The molecule has 0 spiro atoms. The van der Waals surface area contributed by atoms with E-state index in [-0.39, 0.29) is 5.78 Å². The topological polar surface area (TPSA) is 52.9 Å². The van der Waals surface area contributed by atoms with Crippen molar-refractivity contribution >= 4 is 12.0 Å². The lowest BCUT2D eigenvalue weighted by Gasteiger charge is -2.18. The lowest BCUT2D eigenvalue weighted by molar-refractivity contribution is -0.113. The van der Waals surface area contributed by atoms with Crippen molar-refractivity contribution in [1.82, 2.24) is 5.06 Å². The van der Waals surface area contributed by atoms with Crippen LogP contribution in [0.2, 0.25) is 0 Å². The highest BCUT2D eigenvalue weighted by Crippen LogP contribution is 2.04. The molecule has 0 amide bonds. The lowest BCUT2D eigenvalue weighted by Crippen LogP contribution is -2.25. The zero-order valence-corrected chi connectivity index (χ0v) is 8.22. The molecule has 0 saturated carbocycles. The smallest absolute Gasteiger partial charge is 0.177 e. The number of allylic oxidation sites excluding steroid dienone is 1. The summed E-state index contributed by atoms with van der Waals surface area (Å²) >= 11 is 0. The molecule has 2 aliphatic heterocycles. The van der Waals surface area contributed by atoms with Crippen LogP contribution >= 0.6 is 0 Å². The Morgan fingerprint density at radius 1 is 1.29 bits per heavy atom. The van der Waals surface area contributed by atoms with Gasteiger partial charge in [-0.15, -0.1) is 0 Å². The van der Waals surface area contributed by atoms with Gasteiger partial charge in [-0.25, -0.2) is 0 Å². The number of hydroxylamine groups is 2. The molecule has 4 heteroatoms. The fraction of sp³-hybridized carbons (Fsp3) is 0.600. The fourth-order valence-corrected chi connectivity index (χ4v) is 1.28. The highest BCUT2D eigenvalue weighted by molar-refractivity contribution is 5.98. The summed E-state index contributed by atoms with van der Waals surface area (Å²) in [4.78, 5) is 14.0.